The summed E-state index contributed by atoms with van der Waals surface area (Å²) < 4.78 is 2.41. The standard InChI is InChI=1S/C9H16BrN3O/c1-9(2,3)7(14)5-13-4-6(10)8(11)12-13/h4,7,14H,5H2,1-3H3,(H2,11,12). The van der Waals surface area contributed by atoms with Gasteiger partial charge in [0.15, 0.2) is 5.82 Å². The number of nitrogen functional groups attached to an aromatic ring is 1. The van der Waals surface area contributed by atoms with Crippen molar-refractivity contribution in [3.8, 4) is 0 Å². The Kier molecular flexibility index (Phi) is 3.21. The molecule has 0 saturated carbocycles. The third-order valence-electron chi connectivity index (χ3n) is 2.10. The van der Waals surface area contributed by atoms with Gasteiger partial charge < -0.3 is 10.8 Å². The molecule has 0 spiro atoms. The summed E-state index contributed by atoms with van der Waals surface area (Å²) in [6.07, 6.45) is 1.33. The number of nitrogens with zero attached hydrogens (tertiary/aromatic N) is 2. The van der Waals surface area contributed by atoms with E-state index in [1.54, 1.807) is 10.9 Å². The fourth-order valence-electron chi connectivity index (χ4n) is 0.957. The van der Waals surface area contributed by atoms with Crippen LogP contribution in [0, 0.1) is 5.41 Å². The van der Waals surface area contributed by atoms with Crippen LogP contribution < -0.4 is 5.73 Å². The molecule has 0 aliphatic rings. The minimum absolute atomic E-state index is 0.146. The van der Waals surface area contributed by atoms with Crippen LogP contribution in [0.3, 0.4) is 0 Å². The van der Waals surface area contributed by atoms with Crippen LogP contribution in [0.5, 0.6) is 0 Å². The van der Waals surface area contributed by atoms with Crippen molar-refractivity contribution in [2.45, 2.75) is 33.4 Å². The second-order valence-corrected chi connectivity index (χ2v) is 5.32. The van der Waals surface area contributed by atoms with Crippen molar-refractivity contribution in [3.05, 3.63) is 10.7 Å². The van der Waals surface area contributed by atoms with E-state index in [9.17, 15) is 5.11 Å². The van der Waals surface area contributed by atoms with Gasteiger partial charge in [0.1, 0.15) is 0 Å². The SMILES string of the molecule is CC(C)(C)C(O)Cn1cc(Br)c(N)n1. The molecule has 0 saturated heterocycles. The lowest BCUT2D eigenvalue weighted by Crippen LogP contribution is -2.30. The van der Waals surface area contributed by atoms with Gasteiger partial charge in [-0.15, -0.1) is 0 Å². The van der Waals surface area contributed by atoms with E-state index in [-0.39, 0.29) is 5.41 Å². The molecule has 1 aromatic heterocycles. The molecule has 0 aliphatic heterocycles. The van der Waals surface area contributed by atoms with Crippen molar-refractivity contribution >= 4 is 21.7 Å². The molecule has 1 atom stereocenters. The summed E-state index contributed by atoms with van der Waals surface area (Å²) in [5.74, 6) is 0.450. The van der Waals surface area contributed by atoms with Gasteiger partial charge in [-0.2, -0.15) is 5.10 Å². The number of nitrogens with two attached hydrogens (primary N) is 1. The smallest absolute Gasteiger partial charge is 0.159 e. The molecular formula is C9H16BrN3O. The first-order valence-electron chi connectivity index (χ1n) is 4.47. The summed E-state index contributed by atoms with van der Waals surface area (Å²) in [4.78, 5) is 0. The Balaban J connectivity index is 2.70. The number of rotatable bonds is 2. The summed E-state index contributed by atoms with van der Waals surface area (Å²) >= 11 is 3.27. The van der Waals surface area contributed by atoms with Gasteiger partial charge in [0.25, 0.3) is 0 Å². The molecule has 3 N–H and O–H groups in total. The molecule has 0 radical (unpaired) electrons. The summed E-state index contributed by atoms with van der Waals surface area (Å²) in [6.45, 7) is 6.41. The summed E-state index contributed by atoms with van der Waals surface area (Å²) in [6, 6.07) is 0. The molecule has 5 heteroatoms. The van der Waals surface area contributed by atoms with Crippen LogP contribution >= 0.6 is 15.9 Å². The Bertz CT molecular complexity index is 297. The maximum Gasteiger partial charge on any atom is 0.159 e. The second-order valence-electron chi connectivity index (χ2n) is 4.47. The van der Waals surface area contributed by atoms with Crippen LogP contribution in [0.2, 0.25) is 0 Å². The minimum Gasteiger partial charge on any atom is -0.391 e. The fraction of sp³-hybridized carbons (Fsp3) is 0.667. The highest BCUT2D eigenvalue weighted by atomic mass is 79.9. The highest BCUT2D eigenvalue weighted by molar-refractivity contribution is 9.10. The lowest BCUT2D eigenvalue weighted by atomic mass is 9.89. The summed E-state index contributed by atoms with van der Waals surface area (Å²) in [5.41, 5.74) is 5.42. The highest BCUT2D eigenvalue weighted by Gasteiger charge is 2.22. The molecule has 0 fully saturated rings. The topological polar surface area (TPSA) is 64.1 Å². The maximum absolute atomic E-state index is 9.82. The van der Waals surface area contributed by atoms with Crippen molar-refractivity contribution in [2.75, 3.05) is 5.73 Å². The third kappa shape index (κ3) is 2.72. The number of aliphatic hydroxyl groups excluding tert-OH is 1. The Morgan fingerprint density at radius 2 is 2.21 bits per heavy atom. The van der Waals surface area contributed by atoms with E-state index in [1.165, 1.54) is 0 Å². The first-order chi connectivity index (χ1) is 6.30. The van der Waals surface area contributed by atoms with E-state index >= 15 is 0 Å². The van der Waals surface area contributed by atoms with Crippen LogP contribution in [-0.2, 0) is 6.54 Å². The first kappa shape index (κ1) is 11.5. The van der Waals surface area contributed by atoms with Crippen molar-refractivity contribution in [2.24, 2.45) is 5.41 Å². The molecule has 1 aromatic rings. The van der Waals surface area contributed by atoms with Crippen LogP contribution in [0.25, 0.3) is 0 Å². The van der Waals surface area contributed by atoms with Crippen molar-refractivity contribution in [1.82, 2.24) is 9.78 Å². The lowest BCUT2D eigenvalue weighted by Gasteiger charge is -2.25. The van der Waals surface area contributed by atoms with E-state index in [2.05, 4.69) is 21.0 Å². The molecule has 0 bridgehead atoms. The molecule has 80 valence electrons. The first-order valence-corrected chi connectivity index (χ1v) is 5.26. The Hall–Kier alpha value is -0.550. The van der Waals surface area contributed by atoms with E-state index < -0.39 is 6.10 Å². The van der Waals surface area contributed by atoms with Crippen LogP contribution in [0.1, 0.15) is 20.8 Å². The molecule has 0 amide bonds. The number of aliphatic hydroxyl groups is 1. The van der Waals surface area contributed by atoms with Gasteiger partial charge in [-0.1, -0.05) is 20.8 Å². The monoisotopic (exact) mass is 261 g/mol. The van der Waals surface area contributed by atoms with Crippen LogP contribution in [0.4, 0.5) is 5.82 Å². The molecule has 14 heavy (non-hydrogen) atoms. The maximum atomic E-state index is 9.82. The quantitative estimate of drug-likeness (QED) is 0.851. The Morgan fingerprint density at radius 1 is 1.64 bits per heavy atom. The van der Waals surface area contributed by atoms with Crippen molar-refractivity contribution in [1.29, 1.82) is 0 Å². The normalized spacial score (nSPS) is 14.4. The van der Waals surface area contributed by atoms with E-state index in [4.69, 9.17) is 5.73 Å². The van der Waals surface area contributed by atoms with Crippen LogP contribution in [-0.4, -0.2) is 21.0 Å². The largest absolute Gasteiger partial charge is 0.391 e. The molecular weight excluding hydrogens is 246 g/mol. The molecule has 4 nitrogen and oxygen atoms in total. The van der Waals surface area contributed by atoms with E-state index in [0.29, 0.717) is 12.4 Å². The average molecular weight is 262 g/mol. The predicted molar refractivity (Wildman–Crippen MR) is 59.8 cm³/mol. The van der Waals surface area contributed by atoms with E-state index in [1.807, 2.05) is 20.8 Å². The number of hydrogen-bond donors (Lipinski definition) is 2. The number of anilines is 1. The van der Waals surface area contributed by atoms with Gasteiger partial charge in [0.05, 0.1) is 17.1 Å². The summed E-state index contributed by atoms with van der Waals surface area (Å²) in [5, 5.41) is 13.9. The van der Waals surface area contributed by atoms with E-state index in [0.717, 1.165) is 4.47 Å². The minimum atomic E-state index is -0.436. The average Bonchev–Trinajstić information content (AvgIpc) is 2.29. The molecule has 1 rings (SSSR count). The molecule has 0 aliphatic carbocycles. The van der Waals surface area contributed by atoms with Gasteiger partial charge in [0.2, 0.25) is 0 Å². The Labute approximate surface area is 92.2 Å². The van der Waals surface area contributed by atoms with Crippen molar-refractivity contribution < 1.29 is 5.11 Å². The number of hydrogen-bond acceptors (Lipinski definition) is 3. The zero-order valence-electron chi connectivity index (χ0n) is 8.66. The lowest BCUT2D eigenvalue weighted by molar-refractivity contribution is 0.0451. The zero-order valence-corrected chi connectivity index (χ0v) is 10.2. The predicted octanol–water partition coefficient (Wildman–Crippen LogP) is 1.63. The zero-order chi connectivity index (χ0) is 10.9. The van der Waals surface area contributed by atoms with Crippen LogP contribution in [0.15, 0.2) is 10.7 Å². The molecule has 0 aromatic carbocycles. The van der Waals surface area contributed by atoms with Gasteiger partial charge >= 0.3 is 0 Å². The third-order valence-corrected chi connectivity index (χ3v) is 2.71. The van der Waals surface area contributed by atoms with Crippen molar-refractivity contribution in [3.63, 3.8) is 0 Å². The van der Waals surface area contributed by atoms with Gasteiger partial charge in [-0.3, -0.25) is 4.68 Å². The number of halogens is 1. The van der Waals surface area contributed by atoms with Gasteiger partial charge in [-0.25, -0.2) is 0 Å². The number of aromatic nitrogens is 2. The highest BCUT2D eigenvalue weighted by Crippen LogP contribution is 2.22. The molecule has 1 heterocycles. The summed E-state index contributed by atoms with van der Waals surface area (Å²) in [7, 11) is 0. The fourth-order valence-corrected chi connectivity index (χ4v) is 1.27. The Morgan fingerprint density at radius 3 is 2.57 bits per heavy atom. The second kappa shape index (κ2) is 3.90. The molecule has 1 unspecified atom stereocenters. The van der Waals surface area contributed by atoms with Gasteiger partial charge in [-0.05, 0) is 21.3 Å². The van der Waals surface area contributed by atoms with Gasteiger partial charge in [0, 0.05) is 6.20 Å².